The molecular weight excluding hydrogens is 274 g/mol. The molecule has 1 heterocycles. The first-order valence-electron chi connectivity index (χ1n) is 6.50. The fourth-order valence-corrected chi connectivity index (χ4v) is 2.57. The number of hydrazone groups is 1. The first kappa shape index (κ1) is 14.7. The van der Waals surface area contributed by atoms with Gasteiger partial charge in [-0.25, -0.2) is 0 Å². The van der Waals surface area contributed by atoms with Crippen molar-refractivity contribution in [3.8, 4) is 11.5 Å². The fourth-order valence-electron chi connectivity index (χ4n) is 1.77. The molecule has 2 rings (SSSR count). The molecule has 0 saturated heterocycles. The van der Waals surface area contributed by atoms with Crippen molar-refractivity contribution in [2.24, 2.45) is 10.1 Å². The Morgan fingerprint density at radius 1 is 1.30 bits per heavy atom. The number of nitrogens with one attached hydrogen (secondary N) is 1. The van der Waals surface area contributed by atoms with E-state index in [-0.39, 0.29) is 0 Å². The maximum atomic E-state index is 5.31. The average molecular weight is 293 g/mol. The van der Waals surface area contributed by atoms with Gasteiger partial charge in [0.15, 0.2) is 16.7 Å². The van der Waals surface area contributed by atoms with Gasteiger partial charge in [0.2, 0.25) is 0 Å². The number of ether oxygens (including phenoxy) is 2. The van der Waals surface area contributed by atoms with Crippen molar-refractivity contribution in [1.29, 1.82) is 0 Å². The van der Waals surface area contributed by atoms with Crippen LogP contribution < -0.4 is 14.9 Å². The molecular formula is C14H19N3O2S. The number of aliphatic imine (C=N–C) groups is 1. The highest BCUT2D eigenvalue weighted by Crippen LogP contribution is 2.28. The van der Waals surface area contributed by atoms with Crippen molar-refractivity contribution in [1.82, 2.24) is 5.43 Å². The van der Waals surface area contributed by atoms with E-state index in [2.05, 4.69) is 22.4 Å². The van der Waals surface area contributed by atoms with Crippen LogP contribution >= 0.6 is 11.8 Å². The molecule has 0 amide bonds. The molecule has 0 unspecified atom stereocenters. The van der Waals surface area contributed by atoms with Gasteiger partial charge in [-0.3, -0.25) is 10.4 Å². The molecule has 0 saturated carbocycles. The number of hydrogen-bond acceptors (Lipinski definition) is 5. The second-order valence-electron chi connectivity index (χ2n) is 4.22. The highest BCUT2D eigenvalue weighted by molar-refractivity contribution is 8.14. The topological polar surface area (TPSA) is 55.2 Å². The summed E-state index contributed by atoms with van der Waals surface area (Å²) in [6, 6.07) is 5.81. The first-order chi connectivity index (χ1) is 9.78. The SMILES string of the molecule is CCCN=C1NN=C(c2ccc(OC)c(OC)c2)CS1. The summed E-state index contributed by atoms with van der Waals surface area (Å²) in [4.78, 5) is 4.41. The largest absolute Gasteiger partial charge is 0.493 e. The molecule has 0 spiro atoms. The molecule has 0 fully saturated rings. The lowest BCUT2D eigenvalue weighted by Gasteiger charge is -2.16. The van der Waals surface area contributed by atoms with Gasteiger partial charge in [-0.2, -0.15) is 5.10 Å². The minimum Gasteiger partial charge on any atom is -0.493 e. The summed E-state index contributed by atoms with van der Waals surface area (Å²) in [5, 5.41) is 5.27. The molecule has 1 aromatic rings. The number of nitrogens with zero attached hydrogens (tertiary/aromatic N) is 2. The first-order valence-corrected chi connectivity index (χ1v) is 7.49. The lowest BCUT2D eigenvalue weighted by molar-refractivity contribution is 0.355. The van der Waals surface area contributed by atoms with Crippen LogP contribution in [-0.4, -0.2) is 37.4 Å². The second kappa shape index (κ2) is 7.19. The Labute approximate surface area is 123 Å². The Morgan fingerprint density at radius 2 is 2.10 bits per heavy atom. The lowest BCUT2D eigenvalue weighted by atomic mass is 10.1. The van der Waals surface area contributed by atoms with Crippen LogP contribution in [0.2, 0.25) is 0 Å². The summed E-state index contributed by atoms with van der Waals surface area (Å²) in [6.07, 6.45) is 1.04. The molecule has 0 aliphatic carbocycles. The van der Waals surface area contributed by atoms with E-state index in [0.29, 0.717) is 5.75 Å². The van der Waals surface area contributed by atoms with E-state index in [4.69, 9.17) is 9.47 Å². The minimum atomic E-state index is 0.711. The molecule has 0 bridgehead atoms. The van der Waals surface area contributed by atoms with Crippen LogP contribution in [0.15, 0.2) is 28.3 Å². The molecule has 1 aliphatic rings. The Bertz CT molecular complexity index is 529. The molecule has 20 heavy (non-hydrogen) atoms. The molecule has 0 aromatic heterocycles. The highest BCUT2D eigenvalue weighted by Gasteiger charge is 2.14. The third kappa shape index (κ3) is 3.45. The number of amidine groups is 1. The maximum absolute atomic E-state index is 5.31. The smallest absolute Gasteiger partial charge is 0.177 e. The van der Waals surface area contributed by atoms with Crippen molar-refractivity contribution >= 4 is 22.6 Å². The van der Waals surface area contributed by atoms with E-state index < -0.39 is 0 Å². The predicted molar refractivity (Wildman–Crippen MR) is 84.3 cm³/mol. The second-order valence-corrected chi connectivity index (χ2v) is 5.18. The molecule has 5 nitrogen and oxygen atoms in total. The number of rotatable bonds is 5. The van der Waals surface area contributed by atoms with Crippen LogP contribution in [-0.2, 0) is 0 Å². The van der Waals surface area contributed by atoms with Gasteiger partial charge < -0.3 is 9.47 Å². The van der Waals surface area contributed by atoms with Crippen molar-refractivity contribution in [3.05, 3.63) is 23.8 Å². The quantitative estimate of drug-likeness (QED) is 0.906. The summed E-state index contributed by atoms with van der Waals surface area (Å²) in [5.41, 5.74) is 5.00. The third-order valence-corrected chi connectivity index (χ3v) is 3.74. The molecule has 0 atom stereocenters. The molecule has 1 aromatic carbocycles. The van der Waals surface area contributed by atoms with Gasteiger partial charge in [-0.15, -0.1) is 0 Å². The molecule has 1 N–H and O–H groups in total. The van der Waals surface area contributed by atoms with Gasteiger partial charge in [-0.05, 0) is 24.6 Å². The Hall–Kier alpha value is -1.69. The van der Waals surface area contributed by atoms with Gasteiger partial charge in [-0.1, -0.05) is 18.7 Å². The predicted octanol–water partition coefficient (Wildman–Crippen LogP) is 2.51. The molecule has 6 heteroatoms. The average Bonchev–Trinajstić information content (AvgIpc) is 2.52. The van der Waals surface area contributed by atoms with Crippen LogP contribution in [0.5, 0.6) is 11.5 Å². The maximum Gasteiger partial charge on any atom is 0.177 e. The fraction of sp³-hybridized carbons (Fsp3) is 0.429. The lowest BCUT2D eigenvalue weighted by Crippen LogP contribution is -2.25. The summed E-state index contributed by atoms with van der Waals surface area (Å²) in [5.74, 6) is 2.23. The van der Waals surface area contributed by atoms with Crippen LogP contribution in [0.1, 0.15) is 18.9 Å². The summed E-state index contributed by atoms with van der Waals surface area (Å²) in [6.45, 7) is 2.94. The number of methoxy groups -OCH3 is 2. The minimum absolute atomic E-state index is 0.711. The Balaban J connectivity index is 2.15. The highest BCUT2D eigenvalue weighted by atomic mass is 32.2. The number of benzene rings is 1. The van der Waals surface area contributed by atoms with E-state index in [1.807, 2.05) is 18.2 Å². The summed E-state index contributed by atoms with van der Waals surface area (Å²) < 4.78 is 10.5. The van der Waals surface area contributed by atoms with Gasteiger partial charge in [0, 0.05) is 17.9 Å². The summed E-state index contributed by atoms with van der Waals surface area (Å²) in [7, 11) is 3.26. The normalized spacial score (nSPS) is 16.6. The van der Waals surface area contributed by atoms with E-state index >= 15 is 0 Å². The van der Waals surface area contributed by atoms with Crippen molar-refractivity contribution in [2.45, 2.75) is 13.3 Å². The van der Waals surface area contributed by atoms with Crippen molar-refractivity contribution in [2.75, 3.05) is 26.5 Å². The monoisotopic (exact) mass is 293 g/mol. The van der Waals surface area contributed by atoms with E-state index in [1.54, 1.807) is 26.0 Å². The van der Waals surface area contributed by atoms with Crippen molar-refractivity contribution in [3.63, 3.8) is 0 Å². The molecule has 0 radical (unpaired) electrons. The van der Waals surface area contributed by atoms with Crippen LogP contribution in [0, 0.1) is 0 Å². The Morgan fingerprint density at radius 3 is 2.70 bits per heavy atom. The van der Waals surface area contributed by atoms with Crippen molar-refractivity contribution < 1.29 is 9.47 Å². The standard InChI is InChI=1S/C14H19N3O2S/c1-4-7-15-14-17-16-11(9-20-14)10-5-6-12(18-2)13(8-10)19-3/h5-6,8H,4,7,9H2,1-3H3,(H,15,17). The van der Waals surface area contributed by atoms with E-state index in [9.17, 15) is 0 Å². The zero-order chi connectivity index (χ0) is 14.4. The third-order valence-electron chi connectivity index (χ3n) is 2.83. The summed E-state index contributed by atoms with van der Waals surface area (Å²) >= 11 is 1.67. The van der Waals surface area contributed by atoms with Gasteiger partial charge in [0.05, 0.1) is 19.9 Å². The van der Waals surface area contributed by atoms with E-state index in [1.165, 1.54) is 0 Å². The zero-order valence-corrected chi connectivity index (χ0v) is 12.8. The van der Waals surface area contributed by atoms with Crippen LogP contribution in [0.4, 0.5) is 0 Å². The van der Waals surface area contributed by atoms with Crippen LogP contribution in [0.25, 0.3) is 0 Å². The number of hydrogen-bond donors (Lipinski definition) is 1. The van der Waals surface area contributed by atoms with Gasteiger partial charge in [0.1, 0.15) is 0 Å². The van der Waals surface area contributed by atoms with Crippen LogP contribution in [0.3, 0.4) is 0 Å². The van der Waals surface area contributed by atoms with Gasteiger partial charge >= 0.3 is 0 Å². The number of thioether (sulfide) groups is 1. The van der Waals surface area contributed by atoms with E-state index in [0.717, 1.165) is 40.9 Å². The zero-order valence-electron chi connectivity index (χ0n) is 12.0. The molecule has 1 aliphatic heterocycles. The molecule has 108 valence electrons. The Kier molecular flexibility index (Phi) is 5.29. The van der Waals surface area contributed by atoms with Gasteiger partial charge in [0.25, 0.3) is 0 Å².